The highest BCUT2D eigenvalue weighted by atomic mass is 32.2. The second-order valence-electron chi connectivity index (χ2n) is 6.69. The number of amides is 1. The zero-order valence-electron chi connectivity index (χ0n) is 15.9. The van der Waals surface area contributed by atoms with Gasteiger partial charge in [0, 0.05) is 19.8 Å². The normalized spacial score (nSPS) is 15.5. The van der Waals surface area contributed by atoms with Gasteiger partial charge in [0.25, 0.3) is 11.5 Å². The van der Waals surface area contributed by atoms with Gasteiger partial charge in [0.15, 0.2) is 0 Å². The van der Waals surface area contributed by atoms with E-state index in [0.717, 1.165) is 5.56 Å². The van der Waals surface area contributed by atoms with Gasteiger partial charge in [-0.3, -0.25) is 18.9 Å². The first-order valence-electron chi connectivity index (χ1n) is 8.96. The third-order valence-electron chi connectivity index (χ3n) is 4.61. The standard InChI is InChI=1S/C21H18N4O2S2/c1-13-6-8-14(9-7-13)12-22-18-15(11-16-20(27)24(2)21(28)29-16)19(26)25-10-4-3-5-17(25)23-18/h3-11,22H,12H2,1-2H3/b16-11-. The van der Waals surface area contributed by atoms with E-state index in [4.69, 9.17) is 12.2 Å². The van der Waals surface area contributed by atoms with Crippen LogP contribution in [0.5, 0.6) is 0 Å². The van der Waals surface area contributed by atoms with Gasteiger partial charge in [-0.05, 0) is 30.7 Å². The maximum Gasteiger partial charge on any atom is 0.267 e. The number of carbonyl (C=O) groups is 1. The number of hydrogen-bond acceptors (Lipinski definition) is 6. The van der Waals surface area contributed by atoms with Crippen LogP contribution in [-0.2, 0) is 11.3 Å². The number of thiocarbonyl (C=S) groups is 1. The zero-order chi connectivity index (χ0) is 20.5. The molecule has 0 unspecified atom stereocenters. The number of rotatable bonds is 4. The fourth-order valence-electron chi connectivity index (χ4n) is 2.94. The van der Waals surface area contributed by atoms with Crippen LogP contribution in [0.15, 0.2) is 58.4 Å². The molecule has 1 aromatic carbocycles. The molecule has 0 radical (unpaired) electrons. The number of fused-ring (bicyclic) bond motifs is 1. The number of nitrogens with one attached hydrogen (secondary N) is 1. The predicted molar refractivity (Wildman–Crippen MR) is 121 cm³/mol. The number of hydrogen-bond donors (Lipinski definition) is 1. The van der Waals surface area contributed by atoms with Crippen molar-refractivity contribution in [1.29, 1.82) is 0 Å². The summed E-state index contributed by atoms with van der Waals surface area (Å²) in [7, 11) is 1.63. The number of aromatic nitrogens is 2. The van der Waals surface area contributed by atoms with Crippen LogP contribution in [0.25, 0.3) is 11.7 Å². The van der Waals surface area contributed by atoms with Crippen LogP contribution in [0.1, 0.15) is 16.7 Å². The number of likely N-dealkylation sites (N-methyl/N-ethyl adjacent to an activating group) is 1. The third kappa shape index (κ3) is 3.81. The lowest BCUT2D eigenvalue weighted by atomic mass is 10.1. The number of anilines is 1. The van der Waals surface area contributed by atoms with Crippen molar-refractivity contribution in [2.45, 2.75) is 13.5 Å². The Bertz CT molecular complexity index is 1220. The molecule has 2 aromatic heterocycles. The van der Waals surface area contributed by atoms with Crippen molar-refractivity contribution < 1.29 is 4.79 Å². The molecular formula is C21H18N4O2S2. The van der Waals surface area contributed by atoms with E-state index >= 15 is 0 Å². The van der Waals surface area contributed by atoms with Crippen LogP contribution in [0.4, 0.5) is 5.82 Å². The van der Waals surface area contributed by atoms with Gasteiger partial charge in [0.2, 0.25) is 0 Å². The molecule has 1 fully saturated rings. The molecule has 1 N–H and O–H groups in total. The molecule has 3 heterocycles. The largest absolute Gasteiger partial charge is 0.365 e. The average molecular weight is 423 g/mol. The minimum absolute atomic E-state index is 0.220. The Morgan fingerprint density at radius 2 is 1.93 bits per heavy atom. The lowest BCUT2D eigenvalue weighted by Gasteiger charge is -2.11. The van der Waals surface area contributed by atoms with Crippen LogP contribution in [0.2, 0.25) is 0 Å². The smallest absolute Gasteiger partial charge is 0.267 e. The third-order valence-corrected chi connectivity index (χ3v) is 6.10. The highest BCUT2D eigenvalue weighted by Crippen LogP contribution is 2.31. The van der Waals surface area contributed by atoms with E-state index in [1.807, 2.05) is 37.3 Å². The molecule has 0 spiro atoms. The summed E-state index contributed by atoms with van der Waals surface area (Å²) in [6, 6.07) is 13.5. The van der Waals surface area contributed by atoms with Gasteiger partial charge in [-0.2, -0.15) is 0 Å². The Kier molecular flexibility index (Phi) is 5.21. The number of nitrogens with zero attached hydrogens (tertiary/aromatic N) is 3. The fourth-order valence-corrected chi connectivity index (χ4v) is 4.10. The maximum absolute atomic E-state index is 13.1. The summed E-state index contributed by atoms with van der Waals surface area (Å²) < 4.78 is 1.93. The van der Waals surface area contributed by atoms with Crippen LogP contribution in [0, 0.1) is 6.92 Å². The van der Waals surface area contributed by atoms with E-state index in [1.54, 1.807) is 31.5 Å². The van der Waals surface area contributed by atoms with Gasteiger partial charge in [0.05, 0.1) is 10.5 Å². The van der Waals surface area contributed by atoms with Gasteiger partial charge < -0.3 is 5.32 Å². The molecule has 1 amide bonds. The first-order chi connectivity index (χ1) is 13.9. The van der Waals surface area contributed by atoms with Crippen molar-refractivity contribution >= 4 is 51.7 Å². The van der Waals surface area contributed by atoms with Crippen molar-refractivity contribution in [2.75, 3.05) is 12.4 Å². The molecule has 1 saturated heterocycles. The van der Waals surface area contributed by atoms with Crippen LogP contribution in [-0.4, -0.2) is 31.6 Å². The second kappa shape index (κ2) is 7.81. The van der Waals surface area contributed by atoms with Crippen molar-refractivity contribution in [3.05, 3.63) is 80.6 Å². The molecule has 1 aliphatic rings. The molecular weight excluding hydrogens is 404 g/mol. The number of pyridine rings is 1. The second-order valence-corrected chi connectivity index (χ2v) is 8.36. The molecule has 0 aliphatic carbocycles. The Morgan fingerprint density at radius 3 is 2.62 bits per heavy atom. The molecule has 6 nitrogen and oxygen atoms in total. The summed E-state index contributed by atoms with van der Waals surface area (Å²) in [4.78, 5) is 32.0. The van der Waals surface area contributed by atoms with E-state index in [-0.39, 0.29) is 11.5 Å². The van der Waals surface area contributed by atoms with Crippen molar-refractivity contribution in [2.24, 2.45) is 0 Å². The quantitative estimate of drug-likeness (QED) is 0.513. The molecule has 0 bridgehead atoms. The topological polar surface area (TPSA) is 66.7 Å². The SMILES string of the molecule is Cc1ccc(CNc2nc3ccccn3c(=O)c2/C=C2\SC(=S)N(C)C2=O)cc1. The molecule has 146 valence electrons. The zero-order valence-corrected chi connectivity index (χ0v) is 17.5. The number of carbonyl (C=O) groups excluding carboxylic acids is 1. The molecule has 0 atom stereocenters. The molecule has 1 aliphatic heterocycles. The Morgan fingerprint density at radius 1 is 1.17 bits per heavy atom. The Hall–Kier alpha value is -2.97. The summed E-state index contributed by atoms with van der Waals surface area (Å²) in [5.41, 5.74) is 2.86. The monoisotopic (exact) mass is 422 g/mol. The highest BCUT2D eigenvalue weighted by molar-refractivity contribution is 8.26. The molecule has 29 heavy (non-hydrogen) atoms. The van der Waals surface area contributed by atoms with Gasteiger partial charge in [-0.15, -0.1) is 0 Å². The number of thioether (sulfide) groups is 1. The number of aryl methyl sites for hydroxylation is 1. The van der Waals surface area contributed by atoms with Crippen LogP contribution < -0.4 is 10.9 Å². The minimum atomic E-state index is -0.247. The van der Waals surface area contributed by atoms with E-state index < -0.39 is 0 Å². The van der Waals surface area contributed by atoms with E-state index in [9.17, 15) is 9.59 Å². The summed E-state index contributed by atoms with van der Waals surface area (Å²) in [5.74, 6) is 0.213. The first kappa shape index (κ1) is 19.4. The van der Waals surface area contributed by atoms with Crippen molar-refractivity contribution in [1.82, 2.24) is 14.3 Å². The molecule has 0 saturated carbocycles. The maximum atomic E-state index is 13.1. The first-order valence-corrected chi connectivity index (χ1v) is 10.2. The summed E-state index contributed by atoms with van der Waals surface area (Å²) in [6.45, 7) is 2.54. The minimum Gasteiger partial charge on any atom is -0.365 e. The fraction of sp³-hybridized carbons (Fsp3) is 0.143. The van der Waals surface area contributed by atoms with Gasteiger partial charge in [0.1, 0.15) is 15.8 Å². The lowest BCUT2D eigenvalue weighted by molar-refractivity contribution is -0.121. The lowest BCUT2D eigenvalue weighted by Crippen LogP contribution is -2.23. The highest BCUT2D eigenvalue weighted by Gasteiger charge is 2.29. The predicted octanol–water partition coefficient (Wildman–Crippen LogP) is 3.45. The molecule has 8 heteroatoms. The van der Waals surface area contributed by atoms with E-state index in [2.05, 4.69) is 10.3 Å². The average Bonchev–Trinajstić information content (AvgIpc) is 2.96. The van der Waals surface area contributed by atoms with E-state index in [1.165, 1.54) is 26.6 Å². The Labute approximate surface area is 177 Å². The van der Waals surface area contributed by atoms with Crippen LogP contribution in [0.3, 0.4) is 0 Å². The summed E-state index contributed by atoms with van der Waals surface area (Å²) in [6.07, 6.45) is 3.24. The summed E-state index contributed by atoms with van der Waals surface area (Å²) in [5, 5.41) is 3.26. The van der Waals surface area contributed by atoms with Crippen molar-refractivity contribution in [3.63, 3.8) is 0 Å². The summed E-state index contributed by atoms with van der Waals surface area (Å²) >= 11 is 6.37. The van der Waals surface area contributed by atoms with Gasteiger partial charge in [-0.25, -0.2) is 4.98 Å². The molecule has 4 rings (SSSR count). The molecule has 3 aromatic rings. The van der Waals surface area contributed by atoms with Crippen LogP contribution >= 0.6 is 24.0 Å². The number of benzene rings is 1. The van der Waals surface area contributed by atoms with Gasteiger partial charge >= 0.3 is 0 Å². The van der Waals surface area contributed by atoms with E-state index in [0.29, 0.717) is 32.8 Å². The van der Waals surface area contributed by atoms with Crippen molar-refractivity contribution in [3.8, 4) is 0 Å². The van der Waals surface area contributed by atoms with Gasteiger partial charge in [-0.1, -0.05) is 59.9 Å². The Balaban J connectivity index is 1.78.